The molecule has 0 spiro atoms. The molecule has 0 saturated heterocycles. The molecule has 0 saturated carbocycles. The zero-order valence-corrected chi connectivity index (χ0v) is 12.1. The molecule has 2 unspecified atom stereocenters. The van der Waals surface area contributed by atoms with Crippen LogP contribution in [0.1, 0.15) is 26.7 Å². The maximum atomic E-state index is 6.09. The summed E-state index contributed by atoms with van der Waals surface area (Å²) in [7, 11) is 0. The quantitative estimate of drug-likeness (QED) is 0.681. The molecule has 90 valence electrons. The summed E-state index contributed by atoms with van der Waals surface area (Å²) in [5, 5.41) is 0.219. The number of hydrogen-bond acceptors (Lipinski definition) is 1. The molecule has 1 aromatic rings. The summed E-state index contributed by atoms with van der Waals surface area (Å²) in [5.74, 6) is 1.44. The Labute approximate surface area is 111 Å². The van der Waals surface area contributed by atoms with Crippen LogP contribution >= 0.6 is 27.5 Å². The summed E-state index contributed by atoms with van der Waals surface area (Å²) < 4.78 is 6.72. The van der Waals surface area contributed by atoms with Gasteiger partial charge in [-0.15, -0.1) is 11.6 Å². The molecule has 0 aliphatic carbocycles. The zero-order chi connectivity index (χ0) is 12.0. The summed E-state index contributed by atoms with van der Waals surface area (Å²) >= 11 is 9.51. The van der Waals surface area contributed by atoms with Crippen LogP contribution in [0, 0.1) is 5.92 Å². The van der Waals surface area contributed by atoms with Crippen molar-refractivity contribution in [2.24, 2.45) is 5.92 Å². The number of alkyl halides is 1. The molecule has 1 nitrogen and oxygen atoms in total. The van der Waals surface area contributed by atoms with E-state index < -0.39 is 0 Å². The molecule has 0 aliphatic rings. The minimum atomic E-state index is 0.219. The molecule has 2 atom stereocenters. The third-order valence-electron chi connectivity index (χ3n) is 2.73. The summed E-state index contributed by atoms with van der Waals surface area (Å²) in [6.45, 7) is 4.95. The van der Waals surface area contributed by atoms with Gasteiger partial charge in [0.05, 0.1) is 6.61 Å². The number of hydrogen-bond donors (Lipinski definition) is 0. The van der Waals surface area contributed by atoms with Crippen molar-refractivity contribution in [2.45, 2.75) is 32.1 Å². The molecule has 0 bridgehead atoms. The van der Waals surface area contributed by atoms with Crippen LogP contribution in [0.25, 0.3) is 0 Å². The van der Waals surface area contributed by atoms with Crippen molar-refractivity contribution >= 4 is 27.5 Å². The fourth-order valence-electron chi connectivity index (χ4n) is 1.64. The Balaban J connectivity index is 2.35. The fraction of sp³-hybridized carbons (Fsp3) is 0.538. The van der Waals surface area contributed by atoms with Gasteiger partial charge < -0.3 is 4.74 Å². The van der Waals surface area contributed by atoms with E-state index in [0.29, 0.717) is 5.92 Å². The van der Waals surface area contributed by atoms with Crippen LogP contribution in [0.2, 0.25) is 0 Å². The molecule has 0 aliphatic heterocycles. The Morgan fingerprint density at radius 1 is 1.44 bits per heavy atom. The highest BCUT2D eigenvalue weighted by Gasteiger charge is 2.12. The van der Waals surface area contributed by atoms with E-state index in [2.05, 4.69) is 29.8 Å². The van der Waals surface area contributed by atoms with E-state index in [-0.39, 0.29) is 5.38 Å². The molecule has 0 N–H and O–H groups in total. The smallest absolute Gasteiger partial charge is 0.120 e. The SMILES string of the molecule is CCC(CCOc1cccc(Br)c1)C(C)Cl. The van der Waals surface area contributed by atoms with E-state index in [9.17, 15) is 0 Å². The van der Waals surface area contributed by atoms with Gasteiger partial charge in [-0.1, -0.05) is 35.3 Å². The van der Waals surface area contributed by atoms with E-state index in [1.807, 2.05) is 24.3 Å². The second-order valence-electron chi connectivity index (χ2n) is 3.94. The summed E-state index contributed by atoms with van der Waals surface area (Å²) in [5.41, 5.74) is 0. The lowest BCUT2D eigenvalue weighted by Crippen LogP contribution is -2.14. The van der Waals surface area contributed by atoms with E-state index in [1.165, 1.54) is 0 Å². The number of benzene rings is 1. The topological polar surface area (TPSA) is 9.23 Å². The lowest BCUT2D eigenvalue weighted by Gasteiger charge is -2.17. The zero-order valence-electron chi connectivity index (χ0n) is 9.75. The van der Waals surface area contributed by atoms with Crippen LogP contribution in [0.15, 0.2) is 28.7 Å². The molecule has 0 radical (unpaired) electrons. The highest BCUT2D eigenvalue weighted by atomic mass is 79.9. The maximum absolute atomic E-state index is 6.09. The van der Waals surface area contributed by atoms with E-state index in [0.717, 1.165) is 29.7 Å². The molecule has 1 aromatic carbocycles. The third kappa shape index (κ3) is 4.75. The molecular formula is C13H18BrClO. The van der Waals surface area contributed by atoms with Gasteiger partial charge in [0.2, 0.25) is 0 Å². The van der Waals surface area contributed by atoms with Gasteiger partial charge in [0.25, 0.3) is 0 Å². The van der Waals surface area contributed by atoms with Crippen molar-refractivity contribution in [3.8, 4) is 5.75 Å². The van der Waals surface area contributed by atoms with Crippen LogP contribution in [0.5, 0.6) is 5.75 Å². The van der Waals surface area contributed by atoms with Crippen LogP contribution in [0.3, 0.4) is 0 Å². The van der Waals surface area contributed by atoms with Crippen molar-refractivity contribution in [2.75, 3.05) is 6.61 Å². The van der Waals surface area contributed by atoms with Crippen LogP contribution in [0.4, 0.5) is 0 Å². The maximum Gasteiger partial charge on any atom is 0.120 e. The second-order valence-corrected chi connectivity index (χ2v) is 5.54. The predicted octanol–water partition coefficient (Wildman–Crippen LogP) is 4.87. The van der Waals surface area contributed by atoms with Crippen LogP contribution in [-0.2, 0) is 0 Å². The first kappa shape index (κ1) is 13.9. The lowest BCUT2D eigenvalue weighted by molar-refractivity contribution is 0.273. The van der Waals surface area contributed by atoms with Gasteiger partial charge in [0.15, 0.2) is 0 Å². The first-order valence-electron chi connectivity index (χ1n) is 5.66. The normalized spacial score (nSPS) is 14.5. The first-order chi connectivity index (χ1) is 7.63. The average molecular weight is 306 g/mol. The Morgan fingerprint density at radius 3 is 2.75 bits per heavy atom. The Kier molecular flexibility index (Phi) is 6.22. The van der Waals surface area contributed by atoms with Crippen LogP contribution < -0.4 is 4.74 Å². The molecule has 0 heterocycles. The standard InChI is InChI=1S/C13H18BrClO/c1-3-11(10(2)15)7-8-16-13-6-4-5-12(14)9-13/h4-6,9-11H,3,7-8H2,1-2H3. The monoisotopic (exact) mass is 304 g/mol. The second kappa shape index (κ2) is 7.18. The molecule has 0 amide bonds. The predicted molar refractivity (Wildman–Crippen MR) is 73.4 cm³/mol. The van der Waals surface area contributed by atoms with Crippen molar-refractivity contribution < 1.29 is 4.74 Å². The van der Waals surface area contributed by atoms with Gasteiger partial charge in [0.1, 0.15) is 5.75 Å². The minimum absolute atomic E-state index is 0.219. The molecule has 1 rings (SSSR count). The summed E-state index contributed by atoms with van der Waals surface area (Å²) in [6.07, 6.45) is 2.11. The van der Waals surface area contributed by atoms with Gasteiger partial charge in [-0.3, -0.25) is 0 Å². The third-order valence-corrected chi connectivity index (χ3v) is 3.58. The fourth-order valence-corrected chi connectivity index (χ4v) is 2.33. The highest BCUT2D eigenvalue weighted by Crippen LogP contribution is 2.21. The van der Waals surface area contributed by atoms with Gasteiger partial charge in [-0.05, 0) is 37.5 Å². The summed E-state index contributed by atoms with van der Waals surface area (Å²) in [4.78, 5) is 0. The van der Waals surface area contributed by atoms with Crippen molar-refractivity contribution in [3.63, 3.8) is 0 Å². The Hall–Kier alpha value is -0.210. The van der Waals surface area contributed by atoms with Crippen molar-refractivity contribution in [1.29, 1.82) is 0 Å². The van der Waals surface area contributed by atoms with Gasteiger partial charge in [0, 0.05) is 9.85 Å². The molecule has 0 aromatic heterocycles. The van der Waals surface area contributed by atoms with E-state index in [1.54, 1.807) is 0 Å². The highest BCUT2D eigenvalue weighted by molar-refractivity contribution is 9.10. The largest absolute Gasteiger partial charge is 0.494 e. The van der Waals surface area contributed by atoms with Gasteiger partial charge in [-0.2, -0.15) is 0 Å². The molecule has 16 heavy (non-hydrogen) atoms. The van der Waals surface area contributed by atoms with Crippen molar-refractivity contribution in [1.82, 2.24) is 0 Å². The van der Waals surface area contributed by atoms with Crippen molar-refractivity contribution in [3.05, 3.63) is 28.7 Å². The Morgan fingerprint density at radius 2 is 2.19 bits per heavy atom. The Bertz CT molecular complexity index is 315. The minimum Gasteiger partial charge on any atom is -0.494 e. The van der Waals surface area contributed by atoms with Crippen LogP contribution in [-0.4, -0.2) is 12.0 Å². The van der Waals surface area contributed by atoms with E-state index in [4.69, 9.17) is 16.3 Å². The number of halogens is 2. The molecule has 0 fully saturated rings. The molecule has 3 heteroatoms. The number of ether oxygens (including phenoxy) is 1. The first-order valence-corrected chi connectivity index (χ1v) is 6.89. The van der Waals surface area contributed by atoms with E-state index >= 15 is 0 Å². The van der Waals surface area contributed by atoms with Gasteiger partial charge in [-0.25, -0.2) is 0 Å². The summed E-state index contributed by atoms with van der Waals surface area (Å²) in [6, 6.07) is 7.91. The average Bonchev–Trinajstić information content (AvgIpc) is 2.24. The number of rotatable bonds is 6. The lowest BCUT2D eigenvalue weighted by atomic mass is 10.00. The van der Waals surface area contributed by atoms with Gasteiger partial charge >= 0.3 is 0 Å². The molecular weight excluding hydrogens is 287 g/mol.